The van der Waals surface area contributed by atoms with Crippen molar-refractivity contribution < 1.29 is 13.2 Å². The molecule has 176 valence electrons. The number of piperazine rings is 1. The molecule has 0 aromatic heterocycles. The van der Waals surface area contributed by atoms with Gasteiger partial charge in [0.1, 0.15) is 12.4 Å². The molecule has 1 fully saturated rings. The highest BCUT2D eigenvalue weighted by molar-refractivity contribution is 14.0. The number of benzene rings is 2. The zero-order valence-electron chi connectivity index (χ0n) is 18.7. The number of rotatable bonds is 8. The van der Waals surface area contributed by atoms with Crippen molar-refractivity contribution in [2.24, 2.45) is 4.99 Å². The van der Waals surface area contributed by atoms with E-state index in [-0.39, 0.29) is 24.0 Å². The summed E-state index contributed by atoms with van der Waals surface area (Å²) >= 11 is 0. The maximum absolute atomic E-state index is 11.5. The van der Waals surface area contributed by atoms with E-state index in [9.17, 15) is 8.42 Å². The van der Waals surface area contributed by atoms with Crippen LogP contribution >= 0.6 is 24.0 Å². The normalized spacial score (nSPS) is 15.2. The van der Waals surface area contributed by atoms with Crippen LogP contribution in [-0.4, -0.2) is 76.3 Å². The van der Waals surface area contributed by atoms with Gasteiger partial charge in [0.05, 0.1) is 11.4 Å². The van der Waals surface area contributed by atoms with Crippen LogP contribution in [-0.2, 0) is 16.4 Å². The van der Waals surface area contributed by atoms with Gasteiger partial charge in [-0.3, -0.25) is 4.90 Å². The molecule has 0 spiro atoms. The van der Waals surface area contributed by atoms with Gasteiger partial charge < -0.3 is 15.0 Å². The number of sulfone groups is 1. The zero-order chi connectivity index (χ0) is 22.1. The summed E-state index contributed by atoms with van der Waals surface area (Å²) < 4.78 is 28.8. The van der Waals surface area contributed by atoms with Gasteiger partial charge in [0, 0.05) is 45.5 Å². The molecule has 0 aliphatic carbocycles. The van der Waals surface area contributed by atoms with E-state index in [1.54, 1.807) is 24.3 Å². The molecule has 0 bridgehead atoms. The summed E-state index contributed by atoms with van der Waals surface area (Å²) in [5.41, 5.74) is 1.35. The molecule has 0 atom stereocenters. The van der Waals surface area contributed by atoms with Crippen molar-refractivity contribution in [3.8, 4) is 5.75 Å². The molecule has 1 saturated heterocycles. The lowest BCUT2D eigenvalue weighted by atomic mass is 10.2. The largest absolute Gasteiger partial charge is 0.492 e. The van der Waals surface area contributed by atoms with E-state index in [4.69, 9.17) is 9.73 Å². The third kappa shape index (κ3) is 8.25. The summed E-state index contributed by atoms with van der Waals surface area (Å²) in [6.45, 7) is 8.71. The highest BCUT2D eigenvalue weighted by atomic mass is 127. The van der Waals surface area contributed by atoms with E-state index in [1.165, 1.54) is 11.8 Å². The van der Waals surface area contributed by atoms with Gasteiger partial charge in [-0.05, 0) is 36.8 Å². The minimum absolute atomic E-state index is 0. The Balaban J connectivity index is 0.00000363. The van der Waals surface area contributed by atoms with Gasteiger partial charge in [-0.25, -0.2) is 13.4 Å². The standard InChI is InChI=1S/C23H32N4O3S.HI/c1-3-24-23(25-13-18-30-21-9-11-22(12-10-21)31(2,28)29)27-16-14-26(15-17-27)19-20-7-5-4-6-8-20;/h4-12H,3,13-19H2,1-2H3,(H,24,25);1H. The molecule has 0 unspecified atom stereocenters. The highest BCUT2D eigenvalue weighted by Crippen LogP contribution is 2.15. The quantitative estimate of drug-likeness (QED) is 0.227. The number of hydrogen-bond acceptors (Lipinski definition) is 5. The molecule has 2 aromatic rings. The maximum Gasteiger partial charge on any atom is 0.194 e. The van der Waals surface area contributed by atoms with Gasteiger partial charge in [-0.15, -0.1) is 24.0 Å². The van der Waals surface area contributed by atoms with Crippen LogP contribution in [0.4, 0.5) is 0 Å². The minimum Gasteiger partial charge on any atom is -0.492 e. The van der Waals surface area contributed by atoms with Crippen LogP contribution in [0.5, 0.6) is 5.75 Å². The smallest absolute Gasteiger partial charge is 0.194 e. The fourth-order valence-electron chi connectivity index (χ4n) is 3.48. The number of nitrogens with one attached hydrogen (secondary N) is 1. The first-order chi connectivity index (χ1) is 15.0. The van der Waals surface area contributed by atoms with E-state index in [2.05, 4.69) is 52.4 Å². The van der Waals surface area contributed by atoms with Crippen LogP contribution in [0.15, 0.2) is 64.5 Å². The van der Waals surface area contributed by atoms with Gasteiger partial charge in [-0.1, -0.05) is 30.3 Å². The lowest BCUT2D eigenvalue weighted by Crippen LogP contribution is -2.52. The maximum atomic E-state index is 11.5. The molecule has 3 rings (SSSR count). The molecule has 0 amide bonds. The van der Waals surface area contributed by atoms with Crippen molar-refractivity contribution in [2.45, 2.75) is 18.4 Å². The number of guanidine groups is 1. The van der Waals surface area contributed by atoms with Crippen LogP contribution in [0.25, 0.3) is 0 Å². The fraction of sp³-hybridized carbons (Fsp3) is 0.435. The summed E-state index contributed by atoms with van der Waals surface area (Å²) in [6, 6.07) is 17.1. The SMILES string of the molecule is CCNC(=NCCOc1ccc(S(C)(=O)=O)cc1)N1CCN(Cc2ccccc2)CC1.I. The van der Waals surface area contributed by atoms with Gasteiger partial charge in [0.25, 0.3) is 0 Å². The van der Waals surface area contributed by atoms with Crippen molar-refractivity contribution in [1.29, 1.82) is 0 Å². The predicted octanol–water partition coefficient (Wildman–Crippen LogP) is 2.87. The first-order valence-electron chi connectivity index (χ1n) is 10.7. The predicted molar refractivity (Wildman–Crippen MR) is 140 cm³/mol. The van der Waals surface area contributed by atoms with E-state index < -0.39 is 9.84 Å². The monoisotopic (exact) mass is 572 g/mol. The summed E-state index contributed by atoms with van der Waals surface area (Å²) in [5.74, 6) is 1.56. The molecular weight excluding hydrogens is 539 g/mol. The van der Waals surface area contributed by atoms with E-state index in [1.807, 2.05) is 0 Å². The number of ether oxygens (including phenoxy) is 1. The Morgan fingerprint density at radius 3 is 2.28 bits per heavy atom. The number of nitrogens with zero attached hydrogens (tertiary/aromatic N) is 3. The Bertz CT molecular complexity index is 945. The van der Waals surface area contributed by atoms with Crippen LogP contribution in [0.2, 0.25) is 0 Å². The van der Waals surface area contributed by atoms with Crippen molar-refractivity contribution in [3.63, 3.8) is 0 Å². The summed E-state index contributed by atoms with van der Waals surface area (Å²) in [6.07, 6.45) is 1.20. The zero-order valence-corrected chi connectivity index (χ0v) is 21.9. The van der Waals surface area contributed by atoms with Crippen LogP contribution in [0.3, 0.4) is 0 Å². The van der Waals surface area contributed by atoms with Crippen molar-refractivity contribution in [1.82, 2.24) is 15.1 Å². The lowest BCUT2D eigenvalue weighted by Gasteiger charge is -2.36. The average Bonchev–Trinajstić information content (AvgIpc) is 2.77. The molecule has 1 N–H and O–H groups in total. The van der Waals surface area contributed by atoms with Crippen LogP contribution < -0.4 is 10.1 Å². The first kappa shape index (κ1) is 26.4. The van der Waals surface area contributed by atoms with Crippen LogP contribution in [0, 0.1) is 0 Å². The second-order valence-electron chi connectivity index (χ2n) is 7.58. The molecule has 7 nitrogen and oxygen atoms in total. The molecule has 2 aromatic carbocycles. The van der Waals surface area contributed by atoms with E-state index in [0.29, 0.717) is 23.8 Å². The molecule has 1 aliphatic rings. The van der Waals surface area contributed by atoms with E-state index >= 15 is 0 Å². The lowest BCUT2D eigenvalue weighted by molar-refractivity contribution is 0.172. The average molecular weight is 573 g/mol. The van der Waals surface area contributed by atoms with Crippen LogP contribution in [0.1, 0.15) is 12.5 Å². The molecule has 1 heterocycles. The molecule has 32 heavy (non-hydrogen) atoms. The second kappa shape index (κ2) is 13.0. The third-order valence-electron chi connectivity index (χ3n) is 5.13. The Labute approximate surface area is 208 Å². The molecule has 1 aliphatic heterocycles. The molecular formula is C23H33IN4O3S. The van der Waals surface area contributed by atoms with Gasteiger partial charge in [0.15, 0.2) is 15.8 Å². The Morgan fingerprint density at radius 2 is 1.69 bits per heavy atom. The highest BCUT2D eigenvalue weighted by Gasteiger charge is 2.19. The Morgan fingerprint density at radius 1 is 1.03 bits per heavy atom. The first-order valence-corrected chi connectivity index (χ1v) is 12.6. The Kier molecular flexibility index (Phi) is 10.7. The molecule has 0 saturated carbocycles. The van der Waals surface area contributed by atoms with Crippen molar-refractivity contribution in [3.05, 3.63) is 60.2 Å². The molecule has 0 radical (unpaired) electrons. The van der Waals surface area contributed by atoms with Gasteiger partial charge in [-0.2, -0.15) is 0 Å². The van der Waals surface area contributed by atoms with Gasteiger partial charge >= 0.3 is 0 Å². The van der Waals surface area contributed by atoms with Crippen molar-refractivity contribution in [2.75, 3.05) is 52.1 Å². The minimum atomic E-state index is -3.19. The van der Waals surface area contributed by atoms with Gasteiger partial charge in [0.2, 0.25) is 0 Å². The summed E-state index contributed by atoms with van der Waals surface area (Å²) in [4.78, 5) is 9.77. The number of hydrogen-bond donors (Lipinski definition) is 1. The topological polar surface area (TPSA) is 74.2 Å². The summed E-state index contributed by atoms with van der Waals surface area (Å²) in [5, 5.41) is 3.37. The number of aliphatic imine (C=N–C) groups is 1. The van der Waals surface area contributed by atoms with E-state index in [0.717, 1.165) is 45.2 Å². The summed E-state index contributed by atoms with van der Waals surface area (Å²) in [7, 11) is -3.19. The fourth-order valence-corrected chi connectivity index (χ4v) is 4.11. The number of halogens is 1. The van der Waals surface area contributed by atoms with Crippen molar-refractivity contribution >= 4 is 39.8 Å². The Hall–Kier alpha value is -1.85. The third-order valence-corrected chi connectivity index (χ3v) is 6.26. The molecule has 9 heteroatoms. The second-order valence-corrected chi connectivity index (χ2v) is 9.59.